The first kappa shape index (κ1) is 12.6. The Labute approximate surface area is 107 Å². The summed E-state index contributed by atoms with van der Waals surface area (Å²) in [6, 6.07) is 7.97. The van der Waals surface area contributed by atoms with Crippen LogP contribution in [0.15, 0.2) is 36.7 Å². The van der Waals surface area contributed by atoms with Crippen LogP contribution in [0.2, 0.25) is 0 Å². The number of nitrogens with two attached hydrogens (primary N) is 1. The van der Waals surface area contributed by atoms with Crippen LogP contribution in [-0.4, -0.2) is 16.2 Å². The molecule has 0 aliphatic rings. The summed E-state index contributed by atoms with van der Waals surface area (Å²) in [4.78, 5) is 4.25. The maximum absolute atomic E-state index is 5.79. The van der Waals surface area contributed by atoms with E-state index in [1.165, 1.54) is 0 Å². The van der Waals surface area contributed by atoms with Crippen LogP contribution < -0.4 is 10.5 Å². The molecule has 0 amide bonds. The molecular weight excluding hydrogens is 226 g/mol. The summed E-state index contributed by atoms with van der Waals surface area (Å²) in [6.45, 7) is 2.60. The monoisotopic (exact) mass is 245 g/mol. The SMILES string of the molecule is C[C@@H](N)c1ccc(OCCc2nccn2C)cc1. The molecule has 4 nitrogen and oxygen atoms in total. The molecule has 2 N–H and O–H groups in total. The molecule has 4 heteroatoms. The molecule has 2 aromatic rings. The van der Waals surface area contributed by atoms with Gasteiger partial charge in [0.1, 0.15) is 11.6 Å². The molecule has 0 bridgehead atoms. The summed E-state index contributed by atoms with van der Waals surface area (Å²) in [6.07, 6.45) is 4.54. The quantitative estimate of drug-likeness (QED) is 0.877. The Morgan fingerprint density at radius 2 is 2.06 bits per heavy atom. The van der Waals surface area contributed by atoms with E-state index >= 15 is 0 Å². The average molecular weight is 245 g/mol. The number of benzene rings is 1. The molecule has 1 aromatic carbocycles. The normalized spacial score (nSPS) is 12.4. The van der Waals surface area contributed by atoms with Gasteiger partial charge in [0.05, 0.1) is 6.61 Å². The highest BCUT2D eigenvalue weighted by molar-refractivity contribution is 5.28. The van der Waals surface area contributed by atoms with Gasteiger partial charge in [-0.2, -0.15) is 0 Å². The Morgan fingerprint density at radius 1 is 1.33 bits per heavy atom. The molecule has 1 aromatic heterocycles. The standard InChI is InChI=1S/C14H19N3O/c1-11(15)12-3-5-13(6-4-12)18-10-7-14-16-8-9-17(14)2/h3-6,8-9,11H,7,10,15H2,1-2H3/t11-/m1/s1. The van der Waals surface area contributed by atoms with Crippen molar-refractivity contribution in [2.24, 2.45) is 12.8 Å². The third-order valence-electron chi connectivity index (χ3n) is 2.92. The summed E-state index contributed by atoms with van der Waals surface area (Å²) >= 11 is 0. The van der Waals surface area contributed by atoms with Gasteiger partial charge in [-0.05, 0) is 24.6 Å². The number of hydrogen-bond acceptors (Lipinski definition) is 3. The van der Waals surface area contributed by atoms with E-state index in [0.717, 1.165) is 23.6 Å². The van der Waals surface area contributed by atoms with Crippen LogP contribution in [0.5, 0.6) is 5.75 Å². The van der Waals surface area contributed by atoms with E-state index in [1.54, 1.807) is 6.20 Å². The molecule has 0 saturated carbocycles. The fraction of sp³-hybridized carbons (Fsp3) is 0.357. The fourth-order valence-corrected chi connectivity index (χ4v) is 1.77. The largest absolute Gasteiger partial charge is 0.493 e. The van der Waals surface area contributed by atoms with Gasteiger partial charge < -0.3 is 15.0 Å². The molecule has 18 heavy (non-hydrogen) atoms. The van der Waals surface area contributed by atoms with Crippen molar-refractivity contribution in [1.29, 1.82) is 0 Å². The van der Waals surface area contributed by atoms with Crippen LogP contribution in [0.1, 0.15) is 24.4 Å². The molecule has 0 spiro atoms. The second-order valence-corrected chi connectivity index (χ2v) is 4.41. The van der Waals surface area contributed by atoms with Crippen molar-refractivity contribution in [1.82, 2.24) is 9.55 Å². The average Bonchev–Trinajstić information content (AvgIpc) is 2.76. The minimum Gasteiger partial charge on any atom is -0.493 e. The van der Waals surface area contributed by atoms with E-state index in [0.29, 0.717) is 6.61 Å². The molecule has 0 saturated heterocycles. The zero-order chi connectivity index (χ0) is 13.0. The van der Waals surface area contributed by atoms with Gasteiger partial charge in [0.2, 0.25) is 0 Å². The minimum atomic E-state index is 0.0617. The lowest BCUT2D eigenvalue weighted by molar-refractivity contribution is 0.317. The lowest BCUT2D eigenvalue weighted by atomic mass is 10.1. The molecular formula is C14H19N3O. The fourth-order valence-electron chi connectivity index (χ4n) is 1.77. The summed E-state index contributed by atoms with van der Waals surface area (Å²) in [5, 5.41) is 0. The number of hydrogen-bond donors (Lipinski definition) is 1. The van der Waals surface area contributed by atoms with Gasteiger partial charge in [-0.1, -0.05) is 12.1 Å². The highest BCUT2D eigenvalue weighted by atomic mass is 16.5. The zero-order valence-corrected chi connectivity index (χ0v) is 10.8. The highest BCUT2D eigenvalue weighted by Gasteiger charge is 2.01. The zero-order valence-electron chi connectivity index (χ0n) is 10.8. The summed E-state index contributed by atoms with van der Waals surface area (Å²) < 4.78 is 7.68. The summed E-state index contributed by atoms with van der Waals surface area (Å²) in [7, 11) is 1.99. The van der Waals surface area contributed by atoms with Crippen molar-refractivity contribution in [2.75, 3.05) is 6.61 Å². The second kappa shape index (κ2) is 5.69. The summed E-state index contributed by atoms with van der Waals surface area (Å²) in [5.41, 5.74) is 6.91. The Kier molecular flexibility index (Phi) is 3.99. The second-order valence-electron chi connectivity index (χ2n) is 4.41. The van der Waals surface area contributed by atoms with Crippen LogP contribution >= 0.6 is 0 Å². The third kappa shape index (κ3) is 3.11. The number of nitrogens with zero attached hydrogens (tertiary/aromatic N) is 2. The van der Waals surface area contributed by atoms with E-state index in [1.807, 2.05) is 49.0 Å². The van der Waals surface area contributed by atoms with Crippen molar-refractivity contribution < 1.29 is 4.74 Å². The number of aryl methyl sites for hydroxylation is 1. The number of imidazole rings is 1. The van der Waals surface area contributed by atoms with E-state index < -0.39 is 0 Å². The molecule has 0 aliphatic carbocycles. The number of ether oxygens (including phenoxy) is 1. The molecule has 2 rings (SSSR count). The topological polar surface area (TPSA) is 53.1 Å². The molecule has 0 unspecified atom stereocenters. The van der Waals surface area contributed by atoms with E-state index in [2.05, 4.69) is 4.98 Å². The molecule has 96 valence electrons. The van der Waals surface area contributed by atoms with Crippen molar-refractivity contribution in [2.45, 2.75) is 19.4 Å². The van der Waals surface area contributed by atoms with Crippen LogP contribution in [0, 0.1) is 0 Å². The van der Waals surface area contributed by atoms with Crippen LogP contribution in [0.4, 0.5) is 0 Å². The molecule has 0 fully saturated rings. The predicted octanol–water partition coefficient (Wildman–Crippen LogP) is 2.06. The Morgan fingerprint density at radius 3 is 2.61 bits per heavy atom. The van der Waals surface area contributed by atoms with Crippen LogP contribution in [0.25, 0.3) is 0 Å². The molecule has 0 aliphatic heterocycles. The van der Waals surface area contributed by atoms with E-state index in [4.69, 9.17) is 10.5 Å². The number of rotatable bonds is 5. The van der Waals surface area contributed by atoms with E-state index in [-0.39, 0.29) is 6.04 Å². The van der Waals surface area contributed by atoms with Crippen LogP contribution in [0.3, 0.4) is 0 Å². The maximum atomic E-state index is 5.79. The lowest BCUT2D eigenvalue weighted by Gasteiger charge is -2.09. The lowest BCUT2D eigenvalue weighted by Crippen LogP contribution is -2.07. The number of aromatic nitrogens is 2. The van der Waals surface area contributed by atoms with Crippen LogP contribution in [-0.2, 0) is 13.5 Å². The first-order chi connectivity index (χ1) is 8.66. The molecule has 1 atom stereocenters. The van der Waals surface area contributed by atoms with Crippen molar-refractivity contribution >= 4 is 0 Å². The Balaban J connectivity index is 1.85. The maximum Gasteiger partial charge on any atom is 0.119 e. The first-order valence-electron chi connectivity index (χ1n) is 6.11. The van der Waals surface area contributed by atoms with Gasteiger partial charge in [0.15, 0.2) is 0 Å². The Hall–Kier alpha value is -1.81. The summed E-state index contributed by atoms with van der Waals surface area (Å²) in [5.74, 6) is 1.90. The third-order valence-corrected chi connectivity index (χ3v) is 2.92. The van der Waals surface area contributed by atoms with Gasteiger partial charge in [-0.15, -0.1) is 0 Å². The highest BCUT2D eigenvalue weighted by Crippen LogP contribution is 2.16. The Bertz CT molecular complexity index is 488. The van der Waals surface area contributed by atoms with Gasteiger partial charge in [-0.3, -0.25) is 0 Å². The van der Waals surface area contributed by atoms with Crippen molar-refractivity contribution in [3.63, 3.8) is 0 Å². The molecule has 1 heterocycles. The van der Waals surface area contributed by atoms with Crippen molar-refractivity contribution in [3.05, 3.63) is 48.0 Å². The van der Waals surface area contributed by atoms with Gasteiger partial charge >= 0.3 is 0 Å². The minimum absolute atomic E-state index is 0.0617. The van der Waals surface area contributed by atoms with Gasteiger partial charge in [0, 0.05) is 31.9 Å². The van der Waals surface area contributed by atoms with E-state index in [9.17, 15) is 0 Å². The smallest absolute Gasteiger partial charge is 0.119 e. The predicted molar refractivity (Wildman–Crippen MR) is 71.5 cm³/mol. The van der Waals surface area contributed by atoms with Gasteiger partial charge in [-0.25, -0.2) is 4.98 Å². The van der Waals surface area contributed by atoms with Gasteiger partial charge in [0.25, 0.3) is 0 Å². The molecule has 0 radical (unpaired) electrons. The van der Waals surface area contributed by atoms with Crippen molar-refractivity contribution in [3.8, 4) is 5.75 Å². The first-order valence-corrected chi connectivity index (χ1v) is 6.11.